The van der Waals surface area contributed by atoms with Crippen LogP contribution in [-0.4, -0.2) is 46.5 Å². The van der Waals surface area contributed by atoms with Crippen LogP contribution in [0.25, 0.3) is 16.7 Å². The molecule has 1 N–H and O–H groups in total. The van der Waals surface area contributed by atoms with Crippen LogP contribution >= 0.6 is 0 Å². The number of carbonyl (C=O) groups is 1. The van der Waals surface area contributed by atoms with Crippen molar-refractivity contribution < 1.29 is 4.79 Å². The Morgan fingerprint density at radius 3 is 2.64 bits per heavy atom. The lowest BCUT2D eigenvalue weighted by molar-refractivity contribution is 0.0950. The van der Waals surface area contributed by atoms with E-state index >= 15 is 0 Å². The minimum absolute atomic E-state index is 0.00527. The number of amides is 1. The lowest BCUT2D eigenvalue weighted by Crippen LogP contribution is -2.35. The Balaban J connectivity index is 1.29. The highest BCUT2D eigenvalue weighted by molar-refractivity contribution is 5.94. The number of hydrogen-bond donors (Lipinski definition) is 1. The van der Waals surface area contributed by atoms with Crippen molar-refractivity contribution >= 4 is 16.9 Å². The molecule has 2 heterocycles. The molecule has 1 aromatic heterocycles. The van der Waals surface area contributed by atoms with E-state index in [0.29, 0.717) is 5.56 Å². The predicted molar refractivity (Wildman–Crippen MR) is 113 cm³/mol. The molecule has 5 nitrogen and oxygen atoms in total. The van der Waals surface area contributed by atoms with E-state index in [1.165, 1.54) is 25.9 Å². The average molecular weight is 377 g/mol. The van der Waals surface area contributed by atoms with Gasteiger partial charge in [-0.2, -0.15) is 0 Å². The summed E-state index contributed by atoms with van der Waals surface area (Å²) in [6.45, 7) is 6.51. The normalized spacial score (nSPS) is 15.8. The largest absolute Gasteiger partial charge is 0.352 e. The van der Waals surface area contributed by atoms with Crippen molar-refractivity contribution in [3.63, 3.8) is 0 Å². The number of likely N-dealkylation sites (tertiary alicyclic amines) is 1. The standard InChI is InChI=1S/C23H28N4O/c1-18-11-15-26(16-12-18)14-4-13-24-23(28)19-7-9-20(10-8-19)27-17-25-21-5-2-3-6-22(21)27/h2-3,5-10,17-18H,4,11-16H2,1H3,(H,24,28). The van der Waals surface area contributed by atoms with Gasteiger partial charge in [0.15, 0.2) is 0 Å². The number of rotatable bonds is 6. The second kappa shape index (κ2) is 8.57. The Morgan fingerprint density at radius 2 is 1.86 bits per heavy atom. The SMILES string of the molecule is CC1CCN(CCCNC(=O)c2ccc(-n3cnc4ccccc43)cc2)CC1. The quantitative estimate of drug-likeness (QED) is 0.664. The monoisotopic (exact) mass is 376 g/mol. The molecule has 4 rings (SSSR count). The van der Waals surface area contributed by atoms with E-state index in [2.05, 4.69) is 22.1 Å². The number of imidazole rings is 1. The first kappa shape index (κ1) is 18.7. The van der Waals surface area contributed by atoms with Crippen LogP contribution in [0.4, 0.5) is 0 Å². The van der Waals surface area contributed by atoms with Gasteiger partial charge in [-0.1, -0.05) is 19.1 Å². The number of hydrogen-bond acceptors (Lipinski definition) is 3. The minimum atomic E-state index is -0.00527. The Hall–Kier alpha value is -2.66. The molecule has 1 aliphatic rings. The average Bonchev–Trinajstić information content (AvgIpc) is 3.17. The lowest BCUT2D eigenvalue weighted by atomic mass is 9.99. The summed E-state index contributed by atoms with van der Waals surface area (Å²) in [6, 6.07) is 15.7. The fourth-order valence-electron chi connectivity index (χ4n) is 3.83. The number of fused-ring (bicyclic) bond motifs is 1. The van der Waals surface area contributed by atoms with Gasteiger partial charge >= 0.3 is 0 Å². The van der Waals surface area contributed by atoms with Gasteiger partial charge in [0, 0.05) is 17.8 Å². The highest BCUT2D eigenvalue weighted by atomic mass is 16.1. The maximum absolute atomic E-state index is 12.4. The Kier molecular flexibility index (Phi) is 5.72. The molecule has 28 heavy (non-hydrogen) atoms. The summed E-state index contributed by atoms with van der Waals surface area (Å²) in [6.07, 6.45) is 5.41. The van der Waals surface area contributed by atoms with Crippen molar-refractivity contribution in [2.75, 3.05) is 26.2 Å². The molecule has 0 radical (unpaired) electrons. The van der Waals surface area contributed by atoms with E-state index in [0.717, 1.165) is 42.1 Å². The van der Waals surface area contributed by atoms with Crippen LogP contribution in [0, 0.1) is 5.92 Å². The smallest absolute Gasteiger partial charge is 0.251 e. The summed E-state index contributed by atoms with van der Waals surface area (Å²) < 4.78 is 2.04. The maximum atomic E-state index is 12.4. The third-order valence-corrected chi connectivity index (χ3v) is 5.67. The first-order valence-electron chi connectivity index (χ1n) is 10.2. The number of carbonyl (C=O) groups excluding carboxylic acids is 1. The van der Waals surface area contributed by atoms with Gasteiger partial charge in [0.25, 0.3) is 5.91 Å². The van der Waals surface area contributed by atoms with Crippen molar-refractivity contribution in [2.45, 2.75) is 26.2 Å². The van der Waals surface area contributed by atoms with E-state index < -0.39 is 0 Å². The van der Waals surface area contributed by atoms with E-state index in [-0.39, 0.29) is 5.91 Å². The highest BCUT2D eigenvalue weighted by Crippen LogP contribution is 2.18. The molecule has 0 bridgehead atoms. The van der Waals surface area contributed by atoms with Crippen molar-refractivity contribution in [2.24, 2.45) is 5.92 Å². The van der Waals surface area contributed by atoms with Gasteiger partial charge in [-0.3, -0.25) is 9.36 Å². The first-order valence-corrected chi connectivity index (χ1v) is 10.2. The number of nitrogens with one attached hydrogen (secondary N) is 1. The molecule has 1 amide bonds. The zero-order valence-corrected chi connectivity index (χ0v) is 16.5. The van der Waals surface area contributed by atoms with E-state index in [1.807, 2.05) is 59.4 Å². The molecule has 1 aliphatic heterocycles. The summed E-state index contributed by atoms with van der Waals surface area (Å²) in [4.78, 5) is 19.3. The second-order valence-electron chi connectivity index (χ2n) is 7.78. The molecule has 2 aromatic carbocycles. The second-order valence-corrected chi connectivity index (χ2v) is 7.78. The van der Waals surface area contributed by atoms with Crippen molar-refractivity contribution in [1.82, 2.24) is 19.8 Å². The maximum Gasteiger partial charge on any atom is 0.251 e. The summed E-state index contributed by atoms with van der Waals surface area (Å²) in [5.74, 6) is 0.855. The summed E-state index contributed by atoms with van der Waals surface area (Å²) in [5, 5.41) is 3.05. The van der Waals surface area contributed by atoms with E-state index in [4.69, 9.17) is 0 Å². The van der Waals surface area contributed by atoms with Gasteiger partial charge < -0.3 is 10.2 Å². The fraction of sp³-hybridized carbons (Fsp3) is 0.391. The lowest BCUT2D eigenvalue weighted by Gasteiger charge is -2.30. The Morgan fingerprint density at radius 1 is 1.11 bits per heavy atom. The summed E-state index contributed by atoms with van der Waals surface area (Å²) in [5.41, 5.74) is 3.73. The van der Waals surface area contributed by atoms with Crippen LogP contribution in [-0.2, 0) is 0 Å². The van der Waals surface area contributed by atoms with Crippen LogP contribution in [0.5, 0.6) is 0 Å². The number of para-hydroxylation sites is 2. The molecule has 0 atom stereocenters. The zero-order chi connectivity index (χ0) is 19.3. The van der Waals surface area contributed by atoms with Gasteiger partial charge in [-0.25, -0.2) is 4.98 Å². The van der Waals surface area contributed by atoms with E-state index in [1.54, 1.807) is 0 Å². The summed E-state index contributed by atoms with van der Waals surface area (Å²) >= 11 is 0. The number of aromatic nitrogens is 2. The molecular formula is C23H28N4O. The Labute approximate surface area is 166 Å². The molecule has 146 valence electrons. The Bertz CT molecular complexity index is 923. The van der Waals surface area contributed by atoms with Crippen LogP contribution in [0.2, 0.25) is 0 Å². The molecule has 0 aliphatic carbocycles. The molecule has 0 saturated carbocycles. The van der Waals surface area contributed by atoms with Crippen molar-refractivity contribution in [1.29, 1.82) is 0 Å². The van der Waals surface area contributed by atoms with Crippen LogP contribution < -0.4 is 5.32 Å². The zero-order valence-electron chi connectivity index (χ0n) is 16.5. The first-order chi connectivity index (χ1) is 13.7. The molecule has 3 aromatic rings. The van der Waals surface area contributed by atoms with Gasteiger partial charge in [0.1, 0.15) is 6.33 Å². The molecule has 1 fully saturated rings. The van der Waals surface area contributed by atoms with Gasteiger partial charge in [0.05, 0.1) is 11.0 Å². The van der Waals surface area contributed by atoms with Crippen LogP contribution in [0.1, 0.15) is 36.5 Å². The van der Waals surface area contributed by atoms with Crippen LogP contribution in [0.15, 0.2) is 54.9 Å². The topological polar surface area (TPSA) is 50.2 Å². The molecule has 1 saturated heterocycles. The number of piperidine rings is 1. The third-order valence-electron chi connectivity index (χ3n) is 5.67. The van der Waals surface area contributed by atoms with E-state index in [9.17, 15) is 4.79 Å². The molecule has 0 spiro atoms. The van der Waals surface area contributed by atoms with Gasteiger partial charge in [-0.05, 0) is 81.2 Å². The molecule has 5 heteroatoms. The van der Waals surface area contributed by atoms with Crippen molar-refractivity contribution in [3.05, 3.63) is 60.4 Å². The van der Waals surface area contributed by atoms with Crippen LogP contribution in [0.3, 0.4) is 0 Å². The van der Waals surface area contributed by atoms with Gasteiger partial charge in [-0.15, -0.1) is 0 Å². The highest BCUT2D eigenvalue weighted by Gasteiger charge is 2.15. The minimum Gasteiger partial charge on any atom is -0.352 e. The predicted octanol–water partition coefficient (Wildman–Crippen LogP) is 3.88. The number of nitrogens with zero attached hydrogens (tertiary/aromatic N) is 3. The molecular weight excluding hydrogens is 348 g/mol. The van der Waals surface area contributed by atoms with Crippen molar-refractivity contribution in [3.8, 4) is 5.69 Å². The fourth-order valence-corrected chi connectivity index (χ4v) is 3.83. The third kappa shape index (κ3) is 4.25. The molecule has 0 unspecified atom stereocenters. The van der Waals surface area contributed by atoms with Gasteiger partial charge in [0.2, 0.25) is 0 Å². The summed E-state index contributed by atoms with van der Waals surface area (Å²) in [7, 11) is 0. The number of benzene rings is 2.